The molecule has 0 aromatic heterocycles. The van der Waals surface area contributed by atoms with E-state index in [9.17, 15) is 9.59 Å². The van der Waals surface area contributed by atoms with E-state index in [1.54, 1.807) is 25.2 Å². The van der Waals surface area contributed by atoms with Gasteiger partial charge >= 0.3 is 6.03 Å². The molecule has 6 heteroatoms. The summed E-state index contributed by atoms with van der Waals surface area (Å²) in [5, 5.41) is 11.3. The van der Waals surface area contributed by atoms with Crippen molar-refractivity contribution in [3.05, 3.63) is 29.8 Å². The number of amides is 3. The van der Waals surface area contributed by atoms with E-state index in [-0.39, 0.29) is 18.7 Å². The highest BCUT2D eigenvalue weighted by molar-refractivity contribution is 6.02. The van der Waals surface area contributed by atoms with E-state index < -0.39 is 11.9 Å². The third-order valence-corrected chi connectivity index (χ3v) is 2.22. The second-order valence-corrected chi connectivity index (χ2v) is 3.49. The number of nitrogens with one attached hydrogen (secondary N) is 1. The lowest BCUT2D eigenvalue weighted by molar-refractivity contribution is 0.100. The van der Waals surface area contributed by atoms with Gasteiger partial charge in [0.2, 0.25) is 0 Å². The first-order chi connectivity index (χ1) is 8.06. The maximum absolute atomic E-state index is 11.6. The van der Waals surface area contributed by atoms with E-state index in [2.05, 4.69) is 5.32 Å². The van der Waals surface area contributed by atoms with Crippen LogP contribution in [0.5, 0.6) is 0 Å². The summed E-state index contributed by atoms with van der Waals surface area (Å²) in [6.45, 7) is 0.0892. The van der Waals surface area contributed by atoms with Gasteiger partial charge in [-0.05, 0) is 12.1 Å². The lowest BCUT2D eigenvalue weighted by Gasteiger charge is -2.17. The third kappa shape index (κ3) is 3.46. The van der Waals surface area contributed by atoms with E-state index in [1.807, 2.05) is 0 Å². The molecule has 17 heavy (non-hydrogen) atoms. The van der Waals surface area contributed by atoms with Crippen LogP contribution in [0.3, 0.4) is 0 Å². The van der Waals surface area contributed by atoms with Crippen molar-refractivity contribution in [1.82, 2.24) is 4.90 Å². The maximum Gasteiger partial charge on any atom is 0.321 e. The molecule has 0 unspecified atom stereocenters. The molecule has 0 heterocycles. The minimum absolute atomic E-state index is 0.124. The average Bonchev–Trinajstić information content (AvgIpc) is 2.29. The molecule has 0 saturated carbocycles. The summed E-state index contributed by atoms with van der Waals surface area (Å²) in [4.78, 5) is 24.0. The predicted molar refractivity (Wildman–Crippen MR) is 63.7 cm³/mol. The zero-order chi connectivity index (χ0) is 12.8. The number of carbonyl (C=O) groups is 2. The number of likely N-dealkylation sites (N-methyl/N-ethyl adjacent to an activating group) is 1. The molecule has 0 bridgehead atoms. The van der Waals surface area contributed by atoms with E-state index in [1.165, 1.54) is 11.0 Å². The monoisotopic (exact) mass is 237 g/mol. The van der Waals surface area contributed by atoms with Gasteiger partial charge in [-0.15, -0.1) is 0 Å². The molecule has 1 rings (SSSR count). The zero-order valence-electron chi connectivity index (χ0n) is 9.51. The van der Waals surface area contributed by atoms with Crippen molar-refractivity contribution in [2.24, 2.45) is 5.73 Å². The van der Waals surface area contributed by atoms with Gasteiger partial charge in [0.25, 0.3) is 5.91 Å². The number of benzene rings is 1. The molecule has 1 aromatic rings. The van der Waals surface area contributed by atoms with Crippen LogP contribution in [0.1, 0.15) is 10.4 Å². The van der Waals surface area contributed by atoms with Gasteiger partial charge in [-0.2, -0.15) is 0 Å². The number of para-hydroxylation sites is 1. The fraction of sp³-hybridized carbons (Fsp3) is 0.273. The van der Waals surface area contributed by atoms with Crippen LogP contribution in [0.15, 0.2) is 24.3 Å². The Morgan fingerprint density at radius 1 is 1.41 bits per heavy atom. The first-order valence-electron chi connectivity index (χ1n) is 5.08. The van der Waals surface area contributed by atoms with Gasteiger partial charge in [0, 0.05) is 13.6 Å². The normalized spacial score (nSPS) is 9.76. The van der Waals surface area contributed by atoms with Crippen molar-refractivity contribution in [2.75, 3.05) is 25.5 Å². The summed E-state index contributed by atoms with van der Waals surface area (Å²) in [6.07, 6.45) is 0. The van der Waals surface area contributed by atoms with Crippen molar-refractivity contribution >= 4 is 17.6 Å². The Balaban J connectivity index is 2.81. The van der Waals surface area contributed by atoms with Gasteiger partial charge in [-0.1, -0.05) is 12.1 Å². The lowest BCUT2D eigenvalue weighted by atomic mass is 10.1. The first-order valence-corrected chi connectivity index (χ1v) is 5.08. The van der Waals surface area contributed by atoms with Crippen LogP contribution in [0.2, 0.25) is 0 Å². The van der Waals surface area contributed by atoms with E-state index in [0.717, 1.165) is 0 Å². The molecule has 0 aliphatic carbocycles. The molecular formula is C11H15N3O3. The first kappa shape index (κ1) is 13.0. The SMILES string of the molecule is CN(CCO)C(=O)Nc1ccccc1C(N)=O. The second kappa shape index (κ2) is 5.86. The maximum atomic E-state index is 11.6. The van der Waals surface area contributed by atoms with Gasteiger partial charge in [0.05, 0.1) is 17.9 Å². The smallest absolute Gasteiger partial charge is 0.321 e. The number of aliphatic hydroxyl groups is 1. The fourth-order valence-electron chi connectivity index (χ4n) is 1.27. The molecule has 4 N–H and O–H groups in total. The number of hydrogen-bond donors (Lipinski definition) is 3. The molecule has 6 nitrogen and oxygen atoms in total. The molecule has 0 aliphatic rings. The van der Waals surface area contributed by atoms with Crippen LogP contribution in [-0.4, -0.2) is 42.1 Å². The molecule has 0 aliphatic heterocycles. The number of nitrogens with two attached hydrogens (primary N) is 1. The van der Waals surface area contributed by atoms with Crippen LogP contribution in [-0.2, 0) is 0 Å². The van der Waals surface area contributed by atoms with Crippen LogP contribution in [0, 0.1) is 0 Å². The third-order valence-electron chi connectivity index (χ3n) is 2.22. The summed E-state index contributed by atoms with van der Waals surface area (Å²) in [5.74, 6) is -0.606. The van der Waals surface area contributed by atoms with Crippen molar-refractivity contribution in [2.45, 2.75) is 0 Å². The quantitative estimate of drug-likeness (QED) is 0.700. The number of urea groups is 1. The number of anilines is 1. The summed E-state index contributed by atoms with van der Waals surface area (Å²) in [7, 11) is 1.54. The Morgan fingerprint density at radius 2 is 2.06 bits per heavy atom. The Hall–Kier alpha value is -2.08. The van der Waals surface area contributed by atoms with Crippen molar-refractivity contribution in [3.8, 4) is 0 Å². The number of carbonyl (C=O) groups excluding carboxylic acids is 2. The van der Waals surface area contributed by atoms with Gasteiger partial charge in [0.15, 0.2) is 0 Å². The number of hydrogen-bond acceptors (Lipinski definition) is 3. The number of nitrogens with zero attached hydrogens (tertiary/aromatic N) is 1. The van der Waals surface area contributed by atoms with Gasteiger partial charge < -0.3 is 21.1 Å². The minimum Gasteiger partial charge on any atom is -0.395 e. The molecule has 0 saturated heterocycles. The Bertz CT molecular complexity index is 420. The summed E-state index contributed by atoms with van der Waals surface area (Å²) in [5.41, 5.74) is 5.79. The number of rotatable bonds is 4. The van der Waals surface area contributed by atoms with Crippen LogP contribution in [0.25, 0.3) is 0 Å². The highest BCUT2D eigenvalue weighted by atomic mass is 16.3. The van der Waals surface area contributed by atoms with Crippen LogP contribution < -0.4 is 11.1 Å². The van der Waals surface area contributed by atoms with Gasteiger partial charge in [-0.3, -0.25) is 4.79 Å². The largest absolute Gasteiger partial charge is 0.395 e. The topological polar surface area (TPSA) is 95.7 Å². The molecular weight excluding hydrogens is 222 g/mol. The summed E-state index contributed by atoms with van der Waals surface area (Å²) >= 11 is 0. The molecule has 0 radical (unpaired) electrons. The molecule has 1 aromatic carbocycles. The van der Waals surface area contributed by atoms with E-state index in [0.29, 0.717) is 5.69 Å². The average molecular weight is 237 g/mol. The van der Waals surface area contributed by atoms with Crippen LogP contribution >= 0.6 is 0 Å². The van der Waals surface area contributed by atoms with Crippen molar-refractivity contribution in [3.63, 3.8) is 0 Å². The van der Waals surface area contributed by atoms with Crippen molar-refractivity contribution in [1.29, 1.82) is 0 Å². The van der Waals surface area contributed by atoms with Gasteiger partial charge in [-0.25, -0.2) is 4.79 Å². The highest BCUT2D eigenvalue weighted by Gasteiger charge is 2.12. The van der Waals surface area contributed by atoms with E-state index in [4.69, 9.17) is 10.8 Å². The zero-order valence-corrected chi connectivity index (χ0v) is 9.51. The Kier molecular flexibility index (Phi) is 4.47. The summed E-state index contributed by atoms with van der Waals surface area (Å²) < 4.78 is 0. The molecule has 0 atom stereocenters. The Labute approximate surface area is 99.0 Å². The number of aliphatic hydroxyl groups excluding tert-OH is 1. The second-order valence-electron chi connectivity index (χ2n) is 3.49. The fourth-order valence-corrected chi connectivity index (χ4v) is 1.27. The molecule has 0 spiro atoms. The molecule has 3 amide bonds. The predicted octanol–water partition coefficient (Wildman–Crippen LogP) is 0.241. The van der Waals surface area contributed by atoms with E-state index >= 15 is 0 Å². The van der Waals surface area contributed by atoms with Gasteiger partial charge in [0.1, 0.15) is 0 Å². The minimum atomic E-state index is -0.606. The summed E-state index contributed by atoms with van der Waals surface area (Å²) in [6, 6.07) is 6.06. The lowest BCUT2D eigenvalue weighted by Crippen LogP contribution is -2.34. The molecule has 92 valence electrons. The van der Waals surface area contributed by atoms with Crippen molar-refractivity contribution < 1.29 is 14.7 Å². The molecule has 0 fully saturated rings. The highest BCUT2D eigenvalue weighted by Crippen LogP contribution is 2.14. The number of primary amides is 1. The van der Waals surface area contributed by atoms with Crippen LogP contribution in [0.4, 0.5) is 10.5 Å². The standard InChI is InChI=1S/C11H15N3O3/c1-14(6-7-15)11(17)13-9-5-3-2-4-8(9)10(12)16/h2-5,15H,6-7H2,1H3,(H2,12,16)(H,13,17). The Morgan fingerprint density at radius 3 is 2.65 bits per heavy atom.